The van der Waals surface area contributed by atoms with Gasteiger partial charge in [-0.2, -0.15) is 0 Å². The van der Waals surface area contributed by atoms with Crippen LogP contribution in [0.2, 0.25) is 0 Å². The summed E-state index contributed by atoms with van der Waals surface area (Å²) in [7, 11) is 0. The van der Waals surface area contributed by atoms with Crippen LogP contribution in [-0.4, -0.2) is 16.8 Å². The van der Waals surface area contributed by atoms with Crippen molar-refractivity contribution < 1.29 is 9.59 Å². The summed E-state index contributed by atoms with van der Waals surface area (Å²) in [5.41, 5.74) is 2.07. The Bertz CT molecular complexity index is 471. The van der Waals surface area contributed by atoms with Crippen LogP contribution in [0.1, 0.15) is 27.9 Å². The van der Waals surface area contributed by atoms with Gasteiger partial charge in [0.15, 0.2) is 5.12 Å². The van der Waals surface area contributed by atoms with Crippen LogP contribution in [0.5, 0.6) is 0 Å². The summed E-state index contributed by atoms with van der Waals surface area (Å²) in [6.07, 6.45) is 0.653. The molecular formula is C11H12N2O2S2. The van der Waals surface area contributed by atoms with Crippen LogP contribution in [-0.2, 0) is 4.79 Å². The molecule has 1 amide bonds. The highest BCUT2D eigenvalue weighted by Gasteiger charge is 2.05. The van der Waals surface area contributed by atoms with Gasteiger partial charge in [-0.3, -0.25) is 15.0 Å². The Morgan fingerprint density at radius 3 is 2.94 bits per heavy atom. The average molecular weight is 268 g/mol. The van der Waals surface area contributed by atoms with Gasteiger partial charge >= 0.3 is 0 Å². The van der Waals surface area contributed by atoms with Crippen molar-refractivity contribution in [3.63, 3.8) is 0 Å². The number of nitrogens with one attached hydrogen (secondary N) is 1. The second kappa shape index (κ2) is 7.12. The topological polar surface area (TPSA) is 72.2 Å². The summed E-state index contributed by atoms with van der Waals surface area (Å²) in [4.78, 5) is 23.2. The molecule has 1 heterocycles. The molecule has 0 aliphatic heterocycles. The number of thiophene rings is 1. The molecule has 0 spiro atoms. The Labute approximate surface area is 108 Å². The summed E-state index contributed by atoms with van der Waals surface area (Å²) in [5, 5.41) is 0.102. The SMILES string of the molecule is CC(=O)SCCC#Cc1ccc(C(=O)NN)s1. The first-order chi connectivity index (χ1) is 8.13. The zero-order chi connectivity index (χ0) is 12.7. The zero-order valence-electron chi connectivity index (χ0n) is 9.28. The van der Waals surface area contributed by atoms with Gasteiger partial charge in [0.1, 0.15) is 0 Å². The maximum absolute atomic E-state index is 11.2. The maximum Gasteiger partial charge on any atom is 0.275 e. The Morgan fingerprint density at radius 2 is 2.29 bits per heavy atom. The van der Waals surface area contributed by atoms with Gasteiger partial charge in [0.25, 0.3) is 5.91 Å². The predicted octanol–water partition coefficient (Wildman–Crippen LogP) is 1.37. The van der Waals surface area contributed by atoms with E-state index >= 15 is 0 Å². The third-order valence-corrected chi connectivity index (χ3v) is 3.52. The number of thioether (sulfide) groups is 1. The molecule has 0 fully saturated rings. The number of hydrazine groups is 1. The van der Waals surface area contributed by atoms with E-state index in [4.69, 9.17) is 5.84 Å². The summed E-state index contributed by atoms with van der Waals surface area (Å²) < 4.78 is 0. The summed E-state index contributed by atoms with van der Waals surface area (Å²) in [5.74, 6) is 11.3. The largest absolute Gasteiger partial charge is 0.289 e. The van der Waals surface area contributed by atoms with E-state index < -0.39 is 0 Å². The molecule has 17 heavy (non-hydrogen) atoms. The van der Waals surface area contributed by atoms with E-state index in [9.17, 15) is 9.59 Å². The summed E-state index contributed by atoms with van der Waals surface area (Å²) >= 11 is 2.55. The van der Waals surface area contributed by atoms with Crippen LogP contribution < -0.4 is 11.3 Å². The van der Waals surface area contributed by atoms with Crippen LogP contribution in [0.4, 0.5) is 0 Å². The maximum atomic E-state index is 11.2. The first-order valence-electron chi connectivity index (χ1n) is 4.86. The van der Waals surface area contributed by atoms with Crippen molar-refractivity contribution in [1.29, 1.82) is 0 Å². The van der Waals surface area contributed by atoms with Gasteiger partial charge in [-0.05, 0) is 12.1 Å². The average Bonchev–Trinajstić information content (AvgIpc) is 2.76. The smallest absolute Gasteiger partial charge is 0.275 e. The van der Waals surface area contributed by atoms with E-state index in [-0.39, 0.29) is 11.0 Å². The second-order valence-electron chi connectivity index (χ2n) is 3.03. The van der Waals surface area contributed by atoms with Crippen molar-refractivity contribution >= 4 is 34.1 Å². The minimum atomic E-state index is -0.310. The summed E-state index contributed by atoms with van der Waals surface area (Å²) in [6, 6.07) is 3.46. The first-order valence-corrected chi connectivity index (χ1v) is 6.66. The minimum absolute atomic E-state index is 0.102. The van der Waals surface area contributed by atoms with Gasteiger partial charge < -0.3 is 0 Å². The molecule has 0 saturated carbocycles. The molecule has 90 valence electrons. The third-order valence-electron chi connectivity index (χ3n) is 1.70. The van der Waals surface area contributed by atoms with Crippen molar-refractivity contribution in [3.8, 4) is 11.8 Å². The Morgan fingerprint density at radius 1 is 1.53 bits per heavy atom. The molecule has 3 N–H and O–H groups in total. The highest BCUT2D eigenvalue weighted by molar-refractivity contribution is 8.13. The Hall–Kier alpha value is -1.29. The molecule has 4 nitrogen and oxygen atoms in total. The molecule has 0 aliphatic rings. The molecule has 1 aromatic heterocycles. The van der Waals surface area contributed by atoms with E-state index in [1.54, 1.807) is 12.1 Å². The Kier molecular flexibility index (Phi) is 5.77. The van der Waals surface area contributed by atoms with Crippen LogP contribution in [0.15, 0.2) is 12.1 Å². The van der Waals surface area contributed by atoms with Crippen molar-refractivity contribution in [2.75, 3.05) is 5.75 Å². The predicted molar refractivity (Wildman–Crippen MR) is 70.6 cm³/mol. The zero-order valence-corrected chi connectivity index (χ0v) is 10.9. The van der Waals surface area contributed by atoms with Gasteiger partial charge in [0.05, 0.1) is 9.75 Å². The monoisotopic (exact) mass is 268 g/mol. The van der Waals surface area contributed by atoms with E-state index in [1.165, 1.54) is 30.0 Å². The third kappa shape index (κ3) is 5.04. The van der Waals surface area contributed by atoms with Crippen molar-refractivity contribution in [2.24, 2.45) is 5.84 Å². The van der Waals surface area contributed by atoms with Gasteiger partial charge in [-0.15, -0.1) is 11.3 Å². The molecule has 1 rings (SSSR count). The number of carbonyl (C=O) groups is 2. The number of rotatable bonds is 3. The lowest BCUT2D eigenvalue weighted by atomic mass is 10.4. The fraction of sp³-hybridized carbons (Fsp3) is 0.273. The quantitative estimate of drug-likeness (QED) is 0.285. The standard InChI is InChI=1S/C11H12N2O2S2/c1-8(14)16-7-3-2-4-9-5-6-10(17-9)11(15)13-12/h5-6H,3,7,12H2,1H3,(H,13,15). The second-order valence-corrected chi connectivity index (χ2v) is 5.38. The van der Waals surface area contributed by atoms with Crippen molar-refractivity contribution in [2.45, 2.75) is 13.3 Å². The lowest BCUT2D eigenvalue weighted by molar-refractivity contribution is -0.109. The molecule has 0 atom stereocenters. The normalized spacial score (nSPS) is 9.29. The fourth-order valence-corrected chi connectivity index (χ4v) is 2.27. The number of carbonyl (C=O) groups excluding carboxylic acids is 2. The molecule has 0 aromatic carbocycles. The van der Waals surface area contributed by atoms with E-state index in [0.29, 0.717) is 17.1 Å². The fourth-order valence-electron chi connectivity index (χ4n) is 0.994. The molecule has 1 aromatic rings. The van der Waals surface area contributed by atoms with Gasteiger partial charge in [0, 0.05) is 19.1 Å². The lowest BCUT2D eigenvalue weighted by Gasteiger charge is -1.91. The molecule has 0 unspecified atom stereocenters. The van der Waals surface area contributed by atoms with E-state index in [1.807, 2.05) is 0 Å². The highest BCUT2D eigenvalue weighted by Crippen LogP contribution is 2.14. The van der Waals surface area contributed by atoms with Crippen LogP contribution in [0, 0.1) is 11.8 Å². The van der Waals surface area contributed by atoms with Gasteiger partial charge in [0.2, 0.25) is 0 Å². The number of amides is 1. The summed E-state index contributed by atoms with van der Waals surface area (Å²) in [6.45, 7) is 1.54. The Balaban J connectivity index is 2.46. The molecule has 0 saturated heterocycles. The van der Waals surface area contributed by atoms with Crippen LogP contribution >= 0.6 is 23.1 Å². The number of hydrogen-bond acceptors (Lipinski definition) is 5. The highest BCUT2D eigenvalue weighted by atomic mass is 32.2. The van der Waals surface area contributed by atoms with Gasteiger partial charge in [-0.25, -0.2) is 5.84 Å². The molecule has 6 heteroatoms. The van der Waals surface area contributed by atoms with E-state index in [0.717, 1.165) is 4.88 Å². The van der Waals surface area contributed by atoms with Crippen molar-refractivity contribution in [1.82, 2.24) is 5.43 Å². The molecule has 0 radical (unpaired) electrons. The number of hydrogen-bond donors (Lipinski definition) is 2. The molecule has 0 bridgehead atoms. The van der Waals surface area contributed by atoms with Crippen LogP contribution in [0.25, 0.3) is 0 Å². The minimum Gasteiger partial charge on any atom is -0.289 e. The number of nitrogens with two attached hydrogens (primary N) is 1. The number of nitrogen functional groups attached to an aromatic ring is 1. The molecular weight excluding hydrogens is 256 g/mol. The first kappa shape index (κ1) is 13.8. The van der Waals surface area contributed by atoms with Gasteiger partial charge in [-0.1, -0.05) is 23.6 Å². The molecule has 0 aliphatic carbocycles. The van der Waals surface area contributed by atoms with E-state index in [2.05, 4.69) is 17.3 Å². The lowest BCUT2D eigenvalue weighted by Crippen LogP contribution is -2.29. The van der Waals surface area contributed by atoms with Crippen LogP contribution in [0.3, 0.4) is 0 Å². The van der Waals surface area contributed by atoms with Crippen molar-refractivity contribution in [3.05, 3.63) is 21.9 Å².